The maximum absolute atomic E-state index is 11.4. The van der Waals surface area contributed by atoms with Gasteiger partial charge in [0, 0.05) is 12.6 Å². The Balaban J connectivity index is 1.94. The fourth-order valence-electron chi connectivity index (χ4n) is 2.22. The second kappa shape index (κ2) is 7.79. The number of nitrogens with zero attached hydrogens (tertiary/aromatic N) is 2. The van der Waals surface area contributed by atoms with Crippen LogP contribution in [0.4, 0.5) is 0 Å². The number of hydrogen-bond donors (Lipinski definition) is 1. The van der Waals surface area contributed by atoms with Gasteiger partial charge in [0.25, 0.3) is 0 Å². The molecule has 1 aromatic heterocycles. The van der Waals surface area contributed by atoms with Crippen LogP contribution in [0.15, 0.2) is 18.2 Å². The zero-order valence-corrected chi connectivity index (χ0v) is 13.4. The average Bonchev–Trinajstić information content (AvgIpc) is 2.87. The molecule has 0 fully saturated rings. The molecule has 22 heavy (non-hydrogen) atoms. The molecule has 0 spiro atoms. The molecule has 120 valence electrons. The number of hydrogen-bond acceptors (Lipinski definition) is 5. The van der Waals surface area contributed by atoms with Crippen molar-refractivity contribution in [1.82, 2.24) is 14.9 Å². The summed E-state index contributed by atoms with van der Waals surface area (Å²) in [6.45, 7) is 6.13. The van der Waals surface area contributed by atoms with E-state index in [0.29, 0.717) is 32.7 Å². The Labute approximate surface area is 130 Å². The molecule has 1 aromatic carbocycles. The molecule has 0 aliphatic heterocycles. The maximum Gasteiger partial charge on any atom is 0.307 e. The molecule has 0 bridgehead atoms. The predicted octanol–water partition coefficient (Wildman–Crippen LogP) is 2.35. The number of esters is 1. The van der Waals surface area contributed by atoms with Crippen molar-refractivity contribution in [3.8, 4) is 5.75 Å². The topological polar surface area (TPSA) is 67.4 Å². The van der Waals surface area contributed by atoms with E-state index in [1.807, 2.05) is 44.0 Å². The molecule has 1 heterocycles. The third kappa shape index (κ3) is 4.46. The van der Waals surface area contributed by atoms with Crippen LogP contribution in [0.5, 0.6) is 5.75 Å². The zero-order chi connectivity index (χ0) is 15.9. The van der Waals surface area contributed by atoms with Gasteiger partial charge in [-0.25, -0.2) is 4.98 Å². The minimum atomic E-state index is -0.166. The fraction of sp³-hybridized carbons (Fsp3) is 0.500. The number of H-pyrrole nitrogens is 1. The summed E-state index contributed by atoms with van der Waals surface area (Å²) < 4.78 is 10.4. The van der Waals surface area contributed by atoms with Gasteiger partial charge in [-0.1, -0.05) is 0 Å². The van der Waals surface area contributed by atoms with Crippen LogP contribution in [0.1, 0.15) is 26.1 Å². The number of fused-ring (bicyclic) bond motifs is 1. The summed E-state index contributed by atoms with van der Waals surface area (Å²) in [4.78, 5) is 21.2. The van der Waals surface area contributed by atoms with Gasteiger partial charge in [0.15, 0.2) is 0 Å². The van der Waals surface area contributed by atoms with Crippen LogP contribution >= 0.6 is 0 Å². The smallest absolute Gasteiger partial charge is 0.307 e. The molecule has 2 aromatic rings. The summed E-state index contributed by atoms with van der Waals surface area (Å²) in [6, 6.07) is 5.81. The van der Waals surface area contributed by atoms with E-state index in [4.69, 9.17) is 9.47 Å². The van der Waals surface area contributed by atoms with Crippen LogP contribution < -0.4 is 4.74 Å². The number of carbonyl (C=O) groups excluding carboxylic acids is 1. The molecule has 0 aliphatic carbocycles. The highest BCUT2D eigenvalue weighted by Gasteiger charge is 2.09. The molecular formula is C16H23N3O3. The van der Waals surface area contributed by atoms with Crippen molar-refractivity contribution in [1.29, 1.82) is 0 Å². The summed E-state index contributed by atoms with van der Waals surface area (Å²) in [5.41, 5.74) is 1.87. The normalized spacial score (nSPS) is 11.1. The predicted molar refractivity (Wildman–Crippen MR) is 84.8 cm³/mol. The van der Waals surface area contributed by atoms with E-state index < -0.39 is 0 Å². The Kier molecular flexibility index (Phi) is 5.77. The second-order valence-electron chi connectivity index (χ2n) is 5.09. The quantitative estimate of drug-likeness (QED) is 0.758. The Morgan fingerprint density at radius 1 is 1.32 bits per heavy atom. The number of nitrogens with one attached hydrogen (secondary N) is 1. The highest BCUT2D eigenvalue weighted by Crippen LogP contribution is 2.19. The zero-order valence-electron chi connectivity index (χ0n) is 13.4. The van der Waals surface area contributed by atoms with Gasteiger partial charge in [0.1, 0.15) is 11.6 Å². The number of imidazole rings is 1. The minimum Gasteiger partial charge on any atom is -0.494 e. The average molecular weight is 305 g/mol. The molecule has 0 atom stereocenters. The Bertz CT molecular complexity index is 624. The molecule has 0 unspecified atom stereocenters. The largest absolute Gasteiger partial charge is 0.494 e. The molecule has 6 nitrogen and oxygen atoms in total. The third-order valence-electron chi connectivity index (χ3n) is 3.24. The fourth-order valence-corrected chi connectivity index (χ4v) is 2.22. The minimum absolute atomic E-state index is 0.166. The van der Waals surface area contributed by atoms with Crippen molar-refractivity contribution in [2.24, 2.45) is 0 Å². The lowest BCUT2D eigenvalue weighted by atomic mass is 10.3. The van der Waals surface area contributed by atoms with Crippen LogP contribution in [-0.4, -0.2) is 47.6 Å². The van der Waals surface area contributed by atoms with Gasteiger partial charge in [-0.3, -0.25) is 9.69 Å². The van der Waals surface area contributed by atoms with E-state index >= 15 is 0 Å². The van der Waals surface area contributed by atoms with Crippen molar-refractivity contribution in [3.63, 3.8) is 0 Å². The van der Waals surface area contributed by atoms with Gasteiger partial charge >= 0.3 is 5.97 Å². The van der Waals surface area contributed by atoms with Crippen molar-refractivity contribution < 1.29 is 14.3 Å². The second-order valence-corrected chi connectivity index (χ2v) is 5.09. The molecule has 6 heteroatoms. The molecular weight excluding hydrogens is 282 g/mol. The first-order chi connectivity index (χ1) is 10.6. The highest BCUT2D eigenvalue weighted by molar-refractivity contribution is 5.76. The van der Waals surface area contributed by atoms with Crippen LogP contribution in [0.25, 0.3) is 11.0 Å². The van der Waals surface area contributed by atoms with Gasteiger partial charge in [0.05, 0.1) is 37.2 Å². The first kappa shape index (κ1) is 16.3. The summed E-state index contributed by atoms with van der Waals surface area (Å²) in [5.74, 6) is 1.54. The number of aromatic amines is 1. The Morgan fingerprint density at radius 2 is 2.14 bits per heavy atom. The standard InChI is InChI=1S/C16H23N3O3/c1-4-21-12-6-7-13-14(10-12)18-15(17-13)11-19(3)9-8-16(20)22-5-2/h6-7,10H,4-5,8-9,11H2,1-3H3,(H,17,18). The molecule has 0 saturated heterocycles. The summed E-state index contributed by atoms with van der Waals surface area (Å²) in [6.07, 6.45) is 0.388. The van der Waals surface area contributed by atoms with Crippen LogP contribution in [0.3, 0.4) is 0 Å². The number of rotatable bonds is 8. The van der Waals surface area contributed by atoms with E-state index in [1.54, 1.807) is 0 Å². The molecule has 0 aliphatic rings. The highest BCUT2D eigenvalue weighted by atomic mass is 16.5. The van der Waals surface area contributed by atoms with E-state index in [0.717, 1.165) is 22.6 Å². The van der Waals surface area contributed by atoms with Crippen molar-refractivity contribution in [3.05, 3.63) is 24.0 Å². The molecule has 0 amide bonds. The first-order valence-electron chi connectivity index (χ1n) is 7.58. The van der Waals surface area contributed by atoms with Crippen molar-refractivity contribution >= 4 is 17.0 Å². The van der Waals surface area contributed by atoms with Crippen LogP contribution in [-0.2, 0) is 16.1 Å². The molecule has 1 N–H and O–H groups in total. The van der Waals surface area contributed by atoms with E-state index in [2.05, 4.69) is 9.97 Å². The lowest BCUT2D eigenvalue weighted by molar-refractivity contribution is -0.143. The number of benzene rings is 1. The number of ether oxygens (including phenoxy) is 2. The summed E-state index contributed by atoms with van der Waals surface area (Å²) >= 11 is 0. The van der Waals surface area contributed by atoms with E-state index in [-0.39, 0.29) is 5.97 Å². The Hall–Kier alpha value is -2.08. The molecule has 0 saturated carbocycles. The Morgan fingerprint density at radius 3 is 2.86 bits per heavy atom. The van der Waals surface area contributed by atoms with Crippen LogP contribution in [0.2, 0.25) is 0 Å². The molecule has 0 radical (unpaired) electrons. The van der Waals surface area contributed by atoms with Crippen LogP contribution in [0, 0.1) is 0 Å². The SMILES string of the molecule is CCOC(=O)CCN(C)Cc1nc2ccc(OCC)cc2[nH]1. The van der Waals surface area contributed by atoms with Crippen molar-refractivity contribution in [2.45, 2.75) is 26.8 Å². The summed E-state index contributed by atoms with van der Waals surface area (Å²) in [7, 11) is 1.96. The van der Waals surface area contributed by atoms with Gasteiger partial charge < -0.3 is 14.5 Å². The van der Waals surface area contributed by atoms with E-state index in [9.17, 15) is 4.79 Å². The maximum atomic E-state index is 11.4. The van der Waals surface area contributed by atoms with Gasteiger partial charge in [0.2, 0.25) is 0 Å². The monoisotopic (exact) mass is 305 g/mol. The third-order valence-corrected chi connectivity index (χ3v) is 3.24. The van der Waals surface area contributed by atoms with Gasteiger partial charge in [-0.05, 0) is 33.0 Å². The van der Waals surface area contributed by atoms with E-state index in [1.165, 1.54) is 0 Å². The lowest BCUT2D eigenvalue weighted by Crippen LogP contribution is -2.22. The summed E-state index contributed by atoms with van der Waals surface area (Å²) in [5, 5.41) is 0. The molecule has 2 rings (SSSR count). The van der Waals surface area contributed by atoms with Gasteiger partial charge in [-0.2, -0.15) is 0 Å². The number of aromatic nitrogens is 2. The lowest BCUT2D eigenvalue weighted by Gasteiger charge is -2.14. The number of carbonyl (C=O) groups is 1. The van der Waals surface area contributed by atoms with Crippen molar-refractivity contribution in [2.75, 3.05) is 26.8 Å². The first-order valence-corrected chi connectivity index (χ1v) is 7.58. The van der Waals surface area contributed by atoms with Gasteiger partial charge in [-0.15, -0.1) is 0 Å².